The van der Waals surface area contributed by atoms with Crippen molar-refractivity contribution in [1.82, 2.24) is 0 Å². The highest BCUT2D eigenvalue weighted by atomic mass is 19.4. The van der Waals surface area contributed by atoms with E-state index in [1.165, 1.54) is 24.4 Å². The SMILES string of the molecule is CC/C=C(\C=C/N)c1cccc(OC(F)(F)F)c1. The Bertz CT molecular complexity index is 450. The summed E-state index contributed by atoms with van der Waals surface area (Å²) in [6.45, 7) is 1.93. The van der Waals surface area contributed by atoms with Crippen molar-refractivity contribution >= 4 is 5.57 Å². The summed E-state index contributed by atoms with van der Waals surface area (Å²) in [5.74, 6) is -0.243. The molecule has 98 valence electrons. The van der Waals surface area contributed by atoms with Crippen molar-refractivity contribution in [3.05, 3.63) is 48.2 Å². The summed E-state index contributed by atoms with van der Waals surface area (Å²) in [5.41, 5.74) is 6.69. The van der Waals surface area contributed by atoms with Gasteiger partial charge in [0.25, 0.3) is 0 Å². The maximum absolute atomic E-state index is 12.1. The summed E-state index contributed by atoms with van der Waals surface area (Å²) in [7, 11) is 0. The minimum atomic E-state index is -4.68. The Morgan fingerprint density at radius 1 is 1.39 bits per heavy atom. The van der Waals surface area contributed by atoms with Crippen LogP contribution in [0.15, 0.2) is 42.6 Å². The lowest BCUT2D eigenvalue weighted by atomic mass is 10.0. The minimum absolute atomic E-state index is 0.243. The van der Waals surface area contributed by atoms with Crippen molar-refractivity contribution < 1.29 is 17.9 Å². The van der Waals surface area contributed by atoms with Crippen molar-refractivity contribution in [2.75, 3.05) is 0 Å². The van der Waals surface area contributed by atoms with Gasteiger partial charge < -0.3 is 10.5 Å². The molecule has 0 unspecified atom stereocenters. The first-order valence-corrected chi connectivity index (χ1v) is 5.41. The second-order valence-electron chi connectivity index (χ2n) is 3.50. The molecule has 0 aliphatic rings. The van der Waals surface area contributed by atoms with Crippen LogP contribution in [0.3, 0.4) is 0 Å². The summed E-state index contributed by atoms with van der Waals surface area (Å²) in [4.78, 5) is 0. The Labute approximate surface area is 104 Å². The maximum Gasteiger partial charge on any atom is 0.573 e. The molecule has 0 aliphatic carbocycles. The van der Waals surface area contributed by atoms with E-state index in [9.17, 15) is 13.2 Å². The van der Waals surface area contributed by atoms with E-state index in [1.54, 1.807) is 12.1 Å². The molecule has 0 saturated heterocycles. The molecule has 0 atom stereocenters. The summed E-state index contributed by atoms with van der Waals surface area (Å²) in [5, 5.41) is 0. The standard InChI is InChI=1S/C13H14F3NO/c1-2-4-10(7-8-17)11-5-3-6-12(9-11)18-13(14,15)16/h3-9H,2,17H2,1H3/b8-7-,10-4+. The number of hydrogen-bond donors (Lipinski definition) is 1. The van der Waals surface area contributed by atoms with Gasteiger partial charge in [-0.1, -0.05) is 25.1 Å². The Kier molecular flexibility index (Phi) is 4.83. The van der Waals surface area contributed by atoms with E-state index in [2.05, 4.69) is 4.74 Å². The zero-order valence-corrected chi connectivity index (χ0v) is 9.87. The molecule has 0 bridgehead atoms. The molecule has 0 aliphatic heterocycles. The molecule has 0 heterocycles. The van der Waals surface area contributed by atoms with Crippen LogP contribution in [0, 0.1) is 0 Å². The lowest BCUT2D eigenvalue weighted by molar-refractivity contribution is -0.274. The molecule has 0 fully saturated rings. The highest BCUT2D eigenvalue weighted by molar-refractivity contribution is 5.74. The summed E-state index contributed by atoms with van der Waals surface area (Å²) >= 11 is 0. The predicted octanol–water partition coefficient (Wildman–Crippen LogP) is 3.85. The van der Waals surface area contributed by atoms with Gasteiger partial charge in [0.15, 0.2) is 0 Å². The van der Waals surface area contributed by atoms with E-state index < -0.39 is 6.36 Å². The fraction of sp³-hybridized carbons (Fsp3) is 0.231. The number of rotatable bonds is 4. The van der Waals surface area contributed by atoms with Crippen LogP contribution in [0.1, 0.15) is 18.9 Å². The van der Waals surface area contributed by atoms with Gasteiger partial charge in [0.05, 0.1) is 0 Å². The van der Waals surface area contributed by atoms with Gasteiger partial charge in [0.2, 0.25) is 0 Å². The minimum Gasteiger partial charge on any atom is -0.406 e. The Balaban J connectivity index is 3.03. The van der Waals surface area contributed by atoms with Crippen LogP contribution in [0.4, 0.5) is 13.2 Å². The van der Waals surface area contributed by atoms with Gasteiger partial charge in [-0.05, 0) is 42.0 Å². The second-order valence-corrected chi connectivity index (χ2v) is 3.50. The Hall–Kier alpha value is -1.91. The van der Waals surface area contributed by atoms with Crippen molar-refractivity contribution in [3.8, 4) is 5.75 Å². The fourth-order valence-corrected chi connectivity index (χ4v) is 1.48. The average Bonchev–Trinajstić information content (AvgIpc) is 2.27. The average molecular weight is 257 g/mol. The van der Waals surface area contributed by atoms with E-state index in [1.807, 2.05) is 13.0 Å². The first-order chi connectivity index (χ1) is 8.46. The zero-order chi connectivity index (χ0) is 13.6. The second kappa shape index (κ2) is 6.14. The van der Waals surface area contributed by atoms with Crippen LogP contribution >= 0.6 is 0 Å². The number of alkyl halides is 3. The highest BCUT2D eigenvalue weighted by Gasteiger charge is 2.31. The first-order valence-electron chi connectivity index (χ1n) is 5.41. The summed E-state index contributed by atoms with van der Waals surface area (Å²) in [6.07, 6.45) is 0.923. The smallest absolute Gasteiger partial charge is 0.406 e. The molecule has 1 aromatic carbocycles. The van der Waals surface area contributed by atoms with Crippen molar-refractivity contribution in [2.45, 2.75) is 19.7 Å². The number of hydrogen-bond acceptors (Lipinski definition) is 2. The number of benzene rings is 1. The van der Waals surface area contributed by atoms with Crippen molar-refractivity contribution in [1.29, 1.82) is 0 Å². The van der Waals surface area contributed by atoms with Gasteiger partial charge in [-0.15, -0.1) is 13.2 Å². The number of nitrogens with two attached hydrogens (primary N) is 1. The quantitative estimate of drug-likeness (QED) is 0.831. The molecule has 18 heavy (non-hydrogen) atoms. The molecule has 1 rings (SSSR count). The molecule has 1 aromatic rings. The molecule has 0 radical (unpaired) electrons. The van der Waals surface area contributed by atoms with Crippen molar-refractivity contribution in [3.63, 3.8) is 0 Å². The van der Waals surface area contributed by atoms with Crippen LogP contribution in [0.25, 0.3) is 5.57 Å². The molecule has 2 N–H and O–H groups in total. The monoisotopic (exact) mass is 257 g/mol. The van der Waals surface area contributed by atoms with E-state index in [4.69, 9.17) is 5.73 Å². The van der Waals surface area contributed by atoms with Gasteiger partial charge in [-0.3, -0.25) is 0 Å². The third-order valence-corrected chi connectivity index (χ3v) is 2.10. The summed E-state index contributed by atoms with van der Waals surface area (Å²) < 4.78 is 40.2. The third-order valence-electron chi connectivity index (χ3n) is 2.10. The van der Waals surface area contributed by atoms with Crippen LogP contribution in [0.2, 0.25) is 0 Å². The Morgan fingerprint density at radius 2 is 2.11 bits per heavy atom. The van der Waals surface area contributed by atoms with Gasteiger partial charge in [-0.25, -0.2) is 0 Å². The molecule has 0 aromatic heterocycles. The van der Waals surface area contributed by atoms with Gasteiger partial charge in [0.1, 0.15) is 5.75 Å². The van der Waals surface area contributed by atoms with Gasteiger partial charge in [0, 0.05) is 0 Å². The van der Waals surface area contributed by atoms with E-state index in [0.717, 1.165) is 12.0 Å². The molecule has 0 amide bonds. The van der Waals surface area contributed by atoms with E-state index in [0.29, 0.717) is 5.56 Å². The number of halogens is 3. The van der Waals surface area contributed by atoms with E-state index in [-0.39, 0.29) is 5.75 Å². The van der Waals surface area contributed by atoms with Crippen LogP contribution in [-0.2, 0) is 0 Å². The lowest BCUT2D eigenvalue weighted by Crippen LogP contribution is -2.17. The van der Waals surface area contributed by atoms with E-state index >= 15 is 0 Å². The third kappa shape index (κ3) is 4.53. The van der Waals surface area contributed by atoms with Crippen molar-refractivity contribution in [2.24, 2.45) is 5.73 Å². The number of allylic oxidation sites excluding steroid dienone is 3. The first kappa shape index (κ1) is 14.2. The molecule has 0 saturated carbocycles. The molecular weight excluding hydrogens is 243 g/mol. The molecule has 0 spiro atoms. The number of ether oxygens (including phenoxy) is 1. The molecule has 2 nitrogen and oxygen atoms in total. The molecular formula is C13H14F3NO. The normalized spacial score (nSPS) is 13.0. The largest absolute Gasteiger partial charge is 0.573 e. The molecule has 5 heteroatoms. The van der Waals surface area contributed by atoms with Crippen LogP contribution in [0.5, 0.6) is 5.75 Å². The Morgan fingerprint density at radius 3 is 2.67 bits per heavy atom. The summed E-state index contributed by atoms with van der Waals surface area (Å²) in [6, 6.07) is 5.79. The topological polar surface area (TPSA) is 35.2 Å². The lowest BCUT2D eigenvalue weighted by Gasteiger charge is -2.10. The highest BCUT2D eigenvalue weighted by Crippen LogP contribution is 2.26. The van der Waals surface area contributed by atoms with Crippen LogP contribution in [-0.4, -0.2) is 6.36 Å². The predicted molar refractivity (Wildman–Crippen MR) is 64.7 cm³/mol. The van der Waals surface area contributed by atoms with Gasteiger partial charge in [-0.2, -0.15) is 0 Å². The van der Waals surface area contributed by atoms with Crippen LogP contribution < -0.4 is 10.5 Å². The van der Waals surface area contributed by atoms with Gasteiger partial charge >= 0.3 is 6.36 Å². The zero-order valence-electron chi connectivity index (χ0n) is 9.87. The fourth-order valence-electron chi connectivity index (χ4n) is 1.48. The maximum atomic E-state index is 12.1.